The quantitative estimate of drug-likeness (QED) is 0.836. The van der Waals surface area contributed by atoms with Crippen molar-refractivity contribution >= 4 is 11.3 Å². The molecule has 20 heavy (non-hydrogen) atoms. The monoisotopic (exact) mass is 296 g/mol. The Morgan fingerprint density at radius 2 is 2.35 bits per heavy atom. The second-order valence-corrected chi connectivity index (χ2v) is 6.98. The van der Waals surface area contributed by atoms with Crippen molar-refractivity contribution in [1.82, 2.24) is 9.88 Å². The Labute approximate surface area is 125 Å². The van der Waals surface area contributed by atoms with Gasteiger partial charge in [0.05, 0.1) is 25.9 Å². The van der Waals surface area contributed by atoms with Crippen LogP contribution in [-0.2, 0) is 16.0 Å². The fraction of sp³-hybridized carbons (Fsp3) is 0.800. The lowest BCUT2D eigenvalue weighted by Gasteiger charge is -2.38. The first-order valence-electron chi connectivity index (χ1n) is 7.60. The molecule has 0 saturated carbocycles. The smallest absolute Gasteiger partial charge is 0.107 e. The van der Waals surface area contributed by atoms with E-state index in [9.17, 15) is 0 Å². The van der Waals surface area contributed by atoms with Crippen LogP contribution in [0, 0.1) is 5.41 Å². The summed E-state index contributed by atoms with van der Waals surface area (Å²) in [6, 6.07) is 0. The number of hydrogen-bond donors (Lipinski definition) is 0. The summed E-state index contributed by atoms with van der Waals surface area (Å²) in [5, 5.41) is 3.29. The summed E-state index contributed by atoms with van der Waals surface area (Å²) in [6.07, 6.45) is 5.90. The predicted molar refractivity (Wildman–Crippen MR) is 79.9 cm³/mol. The highest BCUT2D eigenvalue weighted by atomic mass is 32.1. The molecule has 3 rings (SSSR count). The average molecular weight is 296 g/mol. The minimum absolute atomic E-state index is 0.320. The molecule has 0 N–H and O–H groups in total. The molecular weight excluding hydrogens is 272 g/mol. The second-order valence-electron chi connectivity index (χ2n) is 6.00. The van der Waals surface area contributed by atoms with Crippen LogP contribution < -0.4 is 0 Å². The van der Waals surface area contributed by atoms with Gasteiger partial charge in [0.2, 0.25) is 0 Å². The molecule has 112 valence electrons. The molecule has 0 amide bonds. The third-order valence-corrected chi connectivity index (χ3v) is 5.32. The van der Waals surface area contributed by atoms with E-state index in [4.69, 9.17) is 9.47 Å². The molecule has 2 aliphatic heterocycles. The molecule has 4 nitrogen and oxygen atoms in total. The first kappa shape index (κ1) is 14.4. The van der Waals surface area contributed by atoms with Gasteiger partial charge in [-0.3, -0.25) is 4.90 Å². The molecular formula is C15H24N2O2S. The molecule has 0 unspecified atom stereocenters. The van der Waals surface area contributed by atoms with E-state index in [1.165, 1.54) is 37.4 Å². The van der Waals surface area contributed by atoms with E-state index in [0.29, 0.717) is 11.5 Å². The number of aromatic nitrogens is 1. The summed E-state index contributed by atoms with van der Waals surface area (Å²) in [5.74, 6) is 0. The number of ether oxygens (including phenoxy) is 2. The van der Waals surface area contributed by atoms with Crippen molar-refractivity contribution in [2.24, 2.45) is 5.41 Å². The molecule has 2 fully saturated rings. The van der Waals surface area contributed by atoms with Gasteiger partial charge in [-0.25, -0.2) is 4.98 Å². The number of nitrogens with zero attached hydrogens (tertiary/aromatic N) is 2. The molecule has 0 radical (unpaired) electrons. The van der Waals surface area contributed by atoms with Crippen LogP contribution >= 0.6 is 11.3 Å². The van der Waals surface area contributed by atoms with Gasteiger partial charge in [-0.05, 0) is 44.7 Å². The standard InChI is InChI=1S/C15H24N2O2S/c1-2-18-11-13-9-15(12-19-13)3-6-17(7-4-15)10-14-16-5-8-20-14/h5,8,13H,2-4,6-7,9-12H2,1H3/t13-/m0/s1. The van der Waals surface area contributed by atoms with Crippen LogP contribution in [-0.4, -0.2) is 48.9 Å². The fourth-order valence-corrected chi connectivity index (χ4v) is 3.97. The van der Waals surface area contributed by atoms with Crippen LogP contribution in [0.4, 0.5) is 0 Å². The summed E-state index contributed by atoms with van der Waals surface area (Å²) in [6.45, 7) is 7.87. The summed E-state index contributed by atoms with van der Waals surface area (Å²) in [4.78, 5) is 6.91. The maximum Gasteiger partial charge on any atom is 0.107 e. The average Bonchev–Trinajstić information content (AvgIpc) is 3.10. The SMILES string of the molecule is CCOC[C@@H]1CC2(CCN(Cc3nccs3)CC2)CO1. The normalized spacial score (nSPS) is 26.4. The highest BCUT2D eigenvalue weighted by molar-refractivity contribution is 7.09. The van der Waals surface area contributed by atoms with Crippen molar-refractivity contribution in [3.05, 3.63) is 16.6 Å². The largest absolute Gasteiger partial charge is 0.379 e. The van der Waals surface area contributed by atoms with E-state index < -0.39 is 0 Å². The summed E-state index contributed by atoms with van der Waals surface area (Å²) >= 11 is 1.76. The zero-order valence-corrected chi connectivity index (χ0v) is 13.0. The van der Waals surface area contributed by atoms with E-state index in [2.05, 4.69) is 15.3 Å². The van der Waals surface area contributed by atoms with Crippen molar-refractivity contribution in [1.29, 1.82) is 0 Å². The molecule has 1 atom stereocenters. The first-order chi connectivity index (χ1) is 9.80. The van der Waals surface area contributed by atoms with Crippen LogP contribution in [0.5, 0.6) is 0 Å². The van der Waals surface area contributed by atoms with Gasteiger partial charge in [-0.1, -0.05) is 0 Å². The zero-order valence-electron chi connectivity index (χ0n) is 12.2. The molecule has 5 heteroatoms. The highest BCUT2D eigenvalue weighted by Gasteiger charge is 2.42. The van der Waals surface area contributed by atoms with Crippen molar-refractivity contribution in [2.75, 3.05) is 32.9 Å². The molecule has 3 heterocycles. The van der Waals surface area contributed by atoms with Gasteiger partial charge in [-0.15, -0.1) is 11.3 Å². The number of rotatable bonds is 5. The Morgan fingerprint density at radius 1 is 1.50 bits per heavy atom. The molecule has 0 bridgehead atoms. The van der Waals surface area contributed by atoms with Gasteiger partial charge in [0.1, 0.15) is 5.01 Å². The maximum absolute atomic E-state index is 5.94. The lowest BCUT2D eigenvalue weighted by Crippen LogP contribution is -2.40. The lowest BCUT2D eigenvalue weighted by atomic mass is 9.77. The summed E-state index contributed by atoms with van der Waals surface area (Å²) in [7, 11) is 0. The van der Waals surface area contributed by atoms with Crippen molar-refractivity contribution < 1.29 is 9.47 Å². The topological polar surface area (TPSA) is 34.6 Å². The van der Waals surface area contributed by atoms with Crippen molar-refractivity contribution in [2.45, 2.75) is 38.8 Å². The Bertz CT molecular complexity index is 402. The molecule has 0 aromatic carbocycles. The van der Waals surface area contributed by atoms with E-state index in [1.807, 2.05) is 13.1 Å². The second kappa shape index (κ2) is 6.52. The van der Waals surface area contributed by atoms with Gasteiger partial charge in [0.15, 0.2) is 0 Å². The van der Waals surface area contributed by atoms with E-state index in [0.717, 1.165) is 26.4 Å². The molecule has 1 aromatic rings. The van der Waals surface area contributed by atoms with Crippen LogP contribution in [0.2, 0.25) is 0 Å². The van der Waals surface area contributed by atoms with E-state index in [-0.39, 0.29) is 0 Å². The molecule has 2 aliphatic rings. The number of hydrogen-bond acceptors (Lipinski definition) is 5. The molecule has 0 aliphatic carbocycles. The lowest BCUT2D eigenvalue weighted by molar-refractivity contribution is 0.0158. The van der Waals surface area contributed by atoms with Gasteiger partial charge in [0.25, 0.3) is 0 Å². The van der Waals surface area contributed by atoms with Gasteiger partial charge < -0.3 is 9.47 Å². The molecule has 1 spiro atoms. The minimum atomic E-state index is 0.320. The van der Waals surface area contributed by atoms with Crippen LogP contribution in [0.15, 0.2) is 11.6 Å². The van der Waals surface area contributed by atoms with Gasteiger partial charge >= 0.3 is 0 Å². The Morgan fingerprint density at radius 3 is 3.05 bits per heavy atom. The number of piperidine rings is 1. The van der Waals surface area contributed by atoms with Crippen LogP contribution in [0.25, 0.3) is 0 Å². The van der Waals surface area contributed by atoms with Crippen LogP contribution in [0.1, 0.15) is 31.2 Å². The number of likely N-dealkylation sites (tertiary alicyclic amines) is 1. The van der Waals surface area contributed by atoms with Crippen LogP contribution in [0.3, 0.4) is 0 Å². The van der Waals surface area contributed by atoms with E-state index >= 15 is 0 Å². The fourth-order valence-electron chi connectivity index (χ4n) is 3.31. The van der Waals surface area contributed by atoms with Crippen molar-refractivity contribution in [3.8, 4) is 0 Å². The van der Waals surface area contributed by atoms with Gasteiger partial charge in [-0.2, -0.15) is 0 Å². The molecule has 1 aromatic heterocycles. The predicted octanol–water partition coefficient (Wildman–Crippen LogP) is 2.55. The summed E-state index contributed by atoms with van der Waals surface area (Å²) in [5.41, 5.74) is 0.418. The third-order valence-electron chi connectivity index (χ3n) is 4.55. The maximum atomic E-state index is 5.94. The first-order valence-corrected chi connectivity index (χ1v) is 8.48. The summed E-state index contributed by atoms with van der Waals surface area (Å²) < 4.78 is 11.4. The third kappa shape index (κ3) is 3.39. The Kier molecular flexibility index (Phi) is 4.71. The Hall–Kier alpha value is -0.490. The highest BCUT2D eigenvalue weighted by Crippen LogP contribution is 2.42. The van der Waals surface area contributed by atoms with Gasteiger partial charge in [0, 0.05) is 18.2 Å². The minimum Gasteiger partial charge on any atom is -0.379 e. The zero-order chi connectivity index (χ0) is 13.8. The Balaban J connectivity index is 1.46. The number of thiazole rings is 1. The molecule has 2 saturated heterocycles. The van der Waals surface area contributed by atoms with Crippen molar-refractivity contribution in [3.63, 3.8) is 0 Å². The van der Waals surface area contributed by atoms with E-state index in [1.54, 1.807) is 11.3 Å².